The molecule has 10 heteroatoms. The van der Waals surface area contributed by atoms with Crippen LogP contribution in [0.25, 0.3) is 0 Å². The Bertz CT molecular complexity index is 701. The molecule has 21 heavy (non-hydrogen) atoms. The van der Waals surface area contributed by atoms with Crippen LogP contribution in [0.1, 0.15) is 6.92 Å². The minimum absolute atomic E-state index is 0.0839. The van der Waals surface area contributed by atoms with Gasteiger partial charge in [-0.2, -0.15) is 11.8 Å². The zero-order valence-electron chi connectivity index (χ0n) is 12.0. The van der Waals surface area contributed by atoms with Crippen molar-refractivity contribution < 1.29 is 16.8 Å². The van der Waals surface area contributed by atoms with Gasteiger partial charge in [0, 0.05) is 18.1 Å². The molecule has 7 nitrogen and oxygen atoms in total. The van der Waals surface area contributed by atoms with Crippen LogP contribution in [0.15, 0.2) is 28.0 Å². The predicted octanol–water partition coefficient (Wildman–Crippen LogP) is 0.406. The van der Waals surface area contributed by atoms with Crippen LogP contribution in [-0.2, 0) is 19.9 Å². The lowest BCUT2D eigenvalue weighted by Gasteiger charge is -2.16. The van der Waals surface area contributed by atoms with Crippen molar-refractivity contribution in [3.63, 3.8) is 0 Å². The Morgan fingerprint density at radius 2 is 1.90 bits per heavy atom. The monoisotopic (exact) mass is 353 g/mol. The van der Waals surface area contributed by atoms with Crippen molar-refractivity contribution in [3.05, 3.63) is 18.2 Å². The summed E-state index contributed by atoms with van der Waals surface area (Å²) in [7, 11) is -7.39. The van der Waals surface area contributed by atoms with Gasteiger partial charge in [-0.1, -0.05) is 0 Å². The summed E-state index contributed by atoms with van der Waals surface area (Å²) >= 11 is 1.50. The highest BCUT2D eigenvalue weighted by atomic mass is 32.2. The molecule has 1 aromatic rings. The van der Waals surface area contributed by atoms with E-state index in [0.29, 0.717) is 5.75 Å². The van der Waals surface area contributed by atoms with E-state index in [9.17, 15) is 16.8 Å². The summed E-state index contributed by atoms with van der Waals surface area (Å²) in [5.74, 6) is 5.89. The highest BCUT2D eigenvalue weighted by molar-refractivity contribution is 7.98. The van der Waals surface area contributed by atoms with Crippen LogP contribution in [0.4, 0.5) is 5.69 Å². The van der Waals surface area contributed by atoms with Gasteiger partial charge in [-0.3, -0.25) is 5.84 Å². The van der Waals surface area contributed by atoms with E-state index in [1.54, 1.807) is 6.92 Å². The van der Waals surface area contributed by atoms with E-state index in [1.807, 2.05) is 6.26 Å². The second-order valence-corrected chi connectivity index (χ2v) is 9.16. The van der Waals surface area contributed by atoms with E-state index in [0.717, 1.165) is 12.3 Å². The lowest BCUT2D eigenvalue weighted by atomic mass is 10.3. The van der Waals surface area contributed by atoms with Gasteiger partial charge in [0.2, 0.25) is 10.0 Å². The number of sulfonamides is 1. The fourth-order valence-electron chi connectivity index (χ4n) is 1.69. The molecule has 1 aromatic carbocycles. The molecule has 0 saturated heterocycles. The van der Waals surface area contributed by atoms with Crippen LogP contribution >= 0.6 is 11.8 Å². The van der Waals surface area contributed by atoms with Crippen LogP contribution in [0.2, 0.25) is 0 Å². The number of hydrogen-bond donors (Lipinski definition) is 3. The fourth-order valence-corrected chi connectivity index (χ4v) is 4.54. The maximum Gasteiger partial charge on any atom is 0.242 e. The van der Waals surface area contributed by atoms with Gasteiger partial charge >= 0.3 is 0 Å². The Balaban J connectivity index is 3.32. The Morgan fingerprint density at radius 1 is 1.29 bits per heavy atom. The molecule has 0 aliphatic rings. The molecule has 0 spiro atoms. The van der Waals surface area contributed by atoms with Crippen LogP contribution in [0, 0.1) is 0 Å². The first-order valence-electron chi connectivity index (χ1n) is 5.94. The minimum Gasteiger partial charge on any atom is -0.323 e. The lowest BCUT2D eigenvalue weighted by molar-refractivity contribution is 0.571. The van der Waals surface area contributed by atoms with Crippen molar-refractivity contribution in [2.45, 2.75) is 22.8 Å². The number of nitrogen functional groups attached to an aromatic ring is 1. The third-order valence-corrected chi connectivity index (χ3v) is 6.17. The highest BCUT2D eigenvalue weighted by Gasteiger charge is 2.23. The van der Waals surface area contributed by atoms with Crippen molar-refractivity contribution in [2.75, 3.05) is 23.7 Å². The van der Waals surface area contributed by atoms with Gasteiger partial charge in [-0.15, -0.1) is 0 Å². The Kier molecular flexibility index (Phi) is 6.05. The number of nitrogens with one attached hydrogen (secondary N) is 2. The molecule has 1 rings (SSSR count). The molecule has 0 aliphatic carbocycles. The number of hydrazine groups is 1. The van der Waals surface area contributed by atoms with E-state index in [4.69, 9.17) is 5.84 Å². The van der Waals surface area contributed by atoms with E-state index in [2.05, 4.69) is 10.1 Å². The Labute approximate surface area is 129 Å². The minimum atomic E-state index is -3.88. The summed E-state index contributed by atoms with van der Waals surface area (Å²) in [6.45, 7) is 1.73. The van der Waals surface area contributed by atoms with Crippen molar-refractivity contribution in [1.29, 1.82) is 0 Å². The number of rotatable bonds is 7. The number of anilines is 1. The zero-order chi connectivity index (χ0) is 16.3. The SMILES string of the molecule is CSCC(C)NS(=O)(=O)c1cc(S(C)(=O)=O)ccc1NN. The average Bonchev–Trinajstić information content (AvgIpc) is 2.36. The summed E-state index contributed by atoms with van der Waals surface area (Å²) in [4.78, 5) is -0.278. The van der Waals surface area contributed by atoms with Gasteiger partial charge in [0.25, 0.3) is 0 Å². The fraction of sp³-hybridized carbons (Fsp3) is 0.455. The van der Waals surface area contributed by atoms with E-state index in [1.165, 1.54) is 23.9 Å². The van der Waals surface area contributed by atoms with Crippen LogP contribution < -0.4 is 16.0 Å². The van der Waals surface area contributed by atoms with E-state index < -0.39 is 19.9 Å². The number of nitrogens with two attached hydrogens (primary N) is 1. The molecule has 0 amide bonds. The molecular weight excluding hydrogens is 334 g/mol. The molecule has 0 aliphatic heterocycles. The summed E-state index contributed by atoms with van der Waals surface area (Å²) in [6.07, 6.45) is 2.88. The molecule has 0 aromatic heterocycles. The maximum absolute atomic E-state index is 12.4. The summed E-state index contributed by atoms with van der Waals surface area (Å²) in [6, 6.07) is 3.43. The molecule has 0 saturated carbocycles. The molecular formula is C11H19N3O4S3. The largest absolute Gasteiger partial charge is 0.323 e. The Morgan fingerprint density at radius 3 is 2.38 bits per heavy atom. The highest BCUT2D eigenvalue weighted by Crippen LogP contribution is 2.24. The smallest absolute Gasteiger partial charge is 0.242 e. The lowest BCUT2D eigenvalue weighted by Crippen LogP contribution is -2.35. The molecule has 1 unspecified atom stereocenters. The number of hydrogen-bond acceptors (Lipinski definition) is 7. The van der Waals surface area contributed by atoms with Crippen molar-refractivity contribution in [1.82, 2.24) is 4.72 Å². The summed E-state index contributed by atoms with van der Waals surface area (Å²) < 4.78 is 50.4. The standard InChI is InChI=1S/C11H19N3O4S3/c1-8(7-19-2)14-21(17,18)11-6-9(20(3,15)16)4-5-10(11)13-12/h4-6,8,13-14H,7,12H2,1-3H3. The zero-order valence-corrected chi connectivity index (χ0v) is 14.4. The van der Waals surface area contributed by atoms with Gasteiger partial charge in [-0.05, 0) is 31.4 Å². The predicted molar refractivity (Wildman–Crippen MR) is 85.5 cm³/mol. The van der Waals surface area contributed by atoms with Gasteiger partial charge in [-0.25, -0.2) is 21.6 Å². The van der Waals surface area contributed by atoms with Gasteiger partial charge in [0.1, 0.15) is 4.90 Å². The molecule has 1 atom stereocenters. The van der Waals surface area contributed by atoms with Crippen molar-refractivity contribution in [3.8, 4) is 0 Å². The normalized spacial score (nSPS) is 13.9. The molecule has 0 bridgehead atoms. The van der Waals surface area contributed by atoms with Gasteiger partial charge in [0.05, 0.1) is 10.6 Å². The first-order valence-corrected chi connectivity index (χ1v) is 10.7. The maximum atomic E-state index is 12.4. The first-order chi connectivity index (χ1) is 9.61. The number of thioether (sulfide) groups is 1. The van der Waals surface area contributed by atoms with Crippen molar-refractivity contribution in [2.24, 2.45) is 5.84 Å². The quantitative estimate of drug-likeness (QED) is 0.480. The second-order valence-electron chi connectivity index (χ2n) is 4.55. The molecule has 120 valence electrons. The van der Waals surface area contributed by atoms with Gasteiger partial charge in [0.15, 0.2) is 9.84 Å². The van der Waals surface area contributed by atoms with Crippen LogP contribution in [-0.4, -0.2) is 41.1 Å². The number of benzene rings is 1. The van der Waals surface area contributed by atoms with Gasteiger partial charge < -0.3 is 5.43 Å². The molecule has 0 fully saturated rings. The van der Waals surface area contributed by atoms with E-state index >= 15 is 0 Å². The van der Waals surface area contributed by atoms with Crippen LogP contribution in [0.3, 0.4) is 0 Å². The summed E-state index contributed by atoms with van der Waals surface area (Å²) in [5, 5.41) is 0. The number of sulfone groups is 1. The second kappa shape index (κ2) is 6.97. The summed E-state index contributed by atoms with van der Waals surface area (Å²) in [5.41, 5.74) is 2.40. The molecule has 4 N–H and O–H groups in total. The third-order valence-electron chi connectivity index (χ3n) is 2.60. The van der Waals surface area contributed by atoms with Crippen LogP contribution in [0.5, 0.6) is 0 Å². The topological polar surface area (TPSA) is 118 Å². The van der Waals surface area contributed by atoms with Crippen molar-refractivity contribution >= 4 is 37.3 Å². The average molecular weight is 353 g/mol. The first kappa shape index (κ1) is 18.2. The van der Waals surface area contributed by atoms with E-state index in [-0.39, 0.29) is 21.5 Å². The Hall–Kier alpha value is -0.810. The molecule has 0 radical (unpaired) electrons. The third kappa shape index (κ3) is 4.85. The molecule has 0 heterocycles.